The number of carbonyl (C=O) groups excluding carboxylic acids is 1. The smallest absolute Gasteiger partial charge is 0.360 e. The van der Waals surface area contributed by atoms with Crippen molar-refractivity contribution in [2.75, 3.05) is 24.6 Å². The van der Waals surface area contributed by atoms with Gasteiger partial charge in [-0.3, -0.25) is 0 Å². The third-order valence-corrected chi connectivity index (χ3v) is 4.74. The second-order valence-electron chi connectivity index (χ2n) is 6.64. The molecule has 156 valence electrons. The van der Waals surface area contributed by atoms with Gasteiger partial charge >= 0.3 is 5.97 Å². The number of piperidine rings is 1. The number of aromatic nitrogens is 1. The van der Waals surface area contributed by atoms with Crippen LogP contribution in [0.25, 0.3) is 0 Å². The highest BCUT2D eigenvalue weighted by Gasteiger charge is 2.15. The molecule has 0 aliphatic carbocycles. The van der Waals surface area contributed by atoms with Crippen molar-refractivity contribution in [2.45, 2.75) is 45.7 Å². The molecule has 1 unspecified atom stereocenters. The number of halogens is 2. The quantitative estimate of drug-likeness (QED) is 0.651. The van der Waals surface area contributed by atoms with Crippen molar-refractivity contribution in [3.05, 3.63) is 47.3 Å². The number of rotatable bonds is 7. The Morgan fingerprint density at radius 3 is 2.54 bits per heavy atom. The summed E-state index contributed by atoms with van der Waals surface area (Å²) >= 11 is 0. The lowest BCUT2D eigenvalue weighted by Gasteiger charge is -2.29. The average Bonchev–Trinajstić information content (AvgIpc) is 3.16. The maximum Gasteiger partial charge on any atom is 0.360 e. The van der Waals surface area contributed by atoms with Gasteiger partial charge in [-0.2, -0.15) is 0 Å². The number of anilines is 1. The first-order valence-corrected chi connectivity index (χ1v) is 9.38. The predicted octanol–water partition coefficient (Wildman–Crippen LogP) is 4.54. The number of ether oxygens (including phenoxy) is 1. The summed E-state index contributed by atoms with van der Waals surface area (Å²) in [4.78, 5) is 14.1. The van der Waals surface area contributed by atoms with E-state index < -0.39 is 5.97 Å². The molecule has 2 aromatic rings. The number of carbonyl (C=O) groups is 1. The molecule has 2 heterocycles. The van der Waals surface area contributed by atoms with Crippen LogP contribution in [0.5, 0.6) is 0 Å². The molecule has 0 saturated carbocycles. The predicted molar refractivity (Wildman–Crippen MR) is 115 cm³/mol. The summed E-state index contributed by atoms with van der Waals surface area (Å²) in [5.41, 5.74) is 2.73. The van der Waals surface area contributed by atoms with Crippen molar-refractivity contribution in [3.63, 3.8) is 0 Å². The number of hydrogen-bond donors (Lipinski definition) is 1. The van der Waals surface area contributed by atoms with Gasteiger partial charge in [0.2, 0.25) is 0 Å². The maximum atomic E-state index is 11.6. The Hall–Kier alpha value is -1.76. The standard InChI is InChI=1S/C20H27N3O3.2ClH/c1-3-25-20(24)19-13-18(26-22-19)14-21-15(2)16-7-9-17(10-8-16)23-11-5-4-6-12-23;;/h7-10,13,15,21H,3-6,11-12,14H2,1-2H3;2*1H. The van der Waals surface area contributed by atoms with Crippen molar-refractivity contribution in [3.8, 4) is 0 Å². The van der Waals surface area contributed by atoms with Crippen LogP contribution in [0.15, 0.2) is 34.9 Å². The molecule has 0 bridgehead atoms. The van der Waals surface area contributed by atoms with Crippen molar-refractivity contribution in [1.29, 1.82) is 0 Å². The zero-order chi connectivity index (χ0) is 18.4. The Balaban J connectivity index is 0.00000196. The zero-order valence-corrected chi connectivity index (χ0v) is 18.0. The first-order chi connectivity index (χ1) is 12.7. The Bertz CT molecular complexity index is 716. The lowest BCUT2D eigenvalue weighted by molar-refractivity contribution is 0.0514. The van der Waals surface area contributed by atoms with Crippen LogP contribution in [0.1, 0.15) is 61.0 Å². The molecule has 1 aliphatic heterocycles. The first kappa shape index (κ1) is 24.3. The van der Waals surface area contributed by atoms with Crippen LogP contribution in [0, 0.1) is 0 Å². The van der Waals surface area contributed by atoms with Crippen molar-refractivity contribution >= 4 is 36.5 Å². The number of benzene rings is 1. The third-order valence-electron chi connectivity index (χ3n) is 4.74. The van der Waals surface area contributed by atoms with E-state index in [0.29, 0.717) is 18.9 Å². The molecule has 1 fully saturated rings. The summed E-state index contributed by atoms with van der Waals surface area (Å²) in [6.07, 6.45) is 3.91. The van der Waals surface area contributed by atoms with Gasteiger partial charge < -0.3 is 19.5 Å². The van der Waals surface area contributed by atoms with Crippen molar-refractivity contribution < 1.29 is 14.1 Å². The molecule has 1 aromatic heterocycles. The van der Waals surface area contributed by atoms with E-state index in [1.165, 1.54) is 30.5 Å². The van der Waals surface area contributed by atoms with Gasteiger partial charge in [-0.15, -0.1) is 24.8 Å². The fraction of sp³-hybridized carbons (Fsp3) is 0.500. The van der Waals surface area contributed by atoms with Crippen LogP contribution in [0.3, 0.4) is 0 Å². The molecular weight excluding hydrogens is 401 g/mol. The molecule has 28 heavy (non-hydrogen) atoms. The van der Waals surface area contributed by atoms with Gasteiger partial charge in [-0.1, -0.05) is 17.3 Å². The fourth-order valence-electron chi connectivity index (χ4n) is 3.19. The number of nitrogens with zero attached hydrogens (tertiary/aromatic N) is 2. The van der Waals surface area contributed by atoms with E-state index in [0.717, 1.165) is 13.1 Å². The first-order valence-electron chi connectivity index (χ1n) is 9.38. The van der Waals surface area contributed by atoms with Gasteiger partial charge in [0, 0.05) is 30.9 Å². The Morgan fingerprint density at radius 1 is 1.21 bits per heavy atom. The normalized spacial score (nSPS) is 14.6. The highest BCUT2D eigenvalue weighted by molar-refractivity contribution is 5.87. The molecule has 0 spiro atoms. The van der Waals surface area contributed by atoms with Crippen LogP contribution in [0.4, 0.5) is 5.69 Å². The topological polar surface area (TPSA) is 67.6 Å². The summed E-state index contributed by atoms with van der Waals surface area (Å²) in [5, 5.41) is 7.15. The molecule has 1 N–H and O–H groups in total. The van der Waals surface area contributed by atoms with Gasteiger partial charge in [0.25, 0.3) is 0 Å². The minimum Gasteiger partial charge on any atom is -0.461 e. The SMILES string of the molecule is CCOC(=O)c1cc(CNC(C)c2ccc(N3CCCCC3)cc2)on1.Cl.Cl. The van der Waals surface area contributed by atoms with Gasteiger partial charge in [-0.05, 0) is 50.8 Å². The van der Waals surface area contributed by atoms with E-state index in [1.807, 2.05) is 0 Å². The van der Waals surface area contributed by atoms with Gasteiger partial charge in [-0.25, -0.2) is 4.79 Å². The lowest BCUT2D eigenvalue weighted by atomic mass is 10.1. The molecule has 6 nitrogen and oxygen atoms in total. The largest absolute Gasteiger partial charge is 0.461 e. The lowest BCUT2D eigenvalue weighted by Crippen LogP contribution is -2.29. The van der Waals surface area contributed by atoms with E-state index in [-0.39, 0.29) is 36.5 Å². The van der Waals surface area contributed by atoms with Crippen LogP contribution >= 0.6 is 24.8 Å². The van der Waals surface area contributed by atoms with E-state index in [4.69, 9.17) is 9.26 Å². The Morgan fingerprint density at radius 2 is 1.89 bits per heavy atom. The van der Waals surface area contributed by atoms with Crippen molar-refractivity contribution in [2.24, 2.45) is 0 Å². The van der Waals surface area contributed by atoms with Crippen LogP contribution < -0.4 is 10.2 Å². The number of esters is 1. The van der Waals surface area contributed by atoms with E-state index in [1.54, 1.807) is 13.0 Å². The molecule has 1 aliphatic rings. The van der Waals surface area contributed by atoms with Crippen molar-refractivity contribution in [1.82, 2.24) is 10.5 Å². The molecule has 3 rings (SSSR count). The molecule has 1 aromatic carbocycles. The van der Waals surface area contributed by atoms with E-state index >= 15 is 0 Å². The van der Waals surface area contributed by atoms with Crippen LogP contribution in [-0.2, 0) is 11.3 Å². The number of hydrogen-bond acceptors (Lipinski definition) is 6. The van der Waals surface area contributed by atoms with Crippen LogP contribution in [0.2, 0.25) is 0 Å². The molecule has 1 atom stereocenters. The Kier molecular flexibility index (Phi) is 10.4. The minimum atomic E-state index is -0.455. The number of nitrogens with one attached hydrogen (secondary N) is 1. The zero-order valence-electron chi connectivity index (χ0n) is 16.3. The summed E-state index contributed by atoms with van der Waals surface area (Å²) in [6.45, 7) is 7.01. The summed E-state index contributed by atoms with van der Waals surface area (Å²) < 4.78 is 10.1. The van der Waals surface area contributed by atoms with Gasteiger partial charge in [0.15, 0.2) is 11.5 Å². The minimum absolute atomic E-state index is 0. The molecule has 8 heteroatoms. The van der Waals surface area contributed by atoms with Gasteiger partial charge in [0.1, 0.15) is 0 Å². The average molecular weight is 430 g/mol. The Labute approximate surface area is 178 Å². The summed E-state index contributed by atoms with van der Waals surface area (Å²) in [7, 11) is 0. The second-order valence-corrected chi connectivity index (χ2v) is 6.64. The van der Waals surface area contributed by atoms with E-state index in [2.05, 4.69) is 46.6 Å². The van der Waals surface area contributed by atoms with Crippen LogP contribution in [-0.4, -0.2) is 30.8 Å². The molecular formula is C20H29Cl2N3O3. The molecule has 0 amide bonds. The monoisotopic (exact) mass is 429 g/mol. The van der Waals surface area contributed by atoms with E-state index in [9.17, 15) is 4.79 Å². The molecule has 0 radical (unpaired) electrons. The third kappa shape index (κ3) is 6.40. The van der Waals surface area contributed by atoms with Gasteiger partial charge in [0.05, 0.1) is 13.2 Å². The highest BCUT2D eigenvalue weighted by atomic mass is 35.5. The second kappa shape index (κ2) is 11.9. The summed E-state index contributed by atoms with van der Waals surface area (Å²) in [5.74, 6) is 0.161. The highest BCUT2D eigenvalue weighted by Crippen LogP contribution is 2.22. The maximum absolute atomic E-state index is 11.6. The molecule has 1 saturated heterocycles. The fourth-order valence-corrected chi connectivity index (χ4v) is 3.19. The summed E-state index contributed by atoms with van der Waals surface area (Å²) in [6, 6.07) is 10.5.